The lowest BCUT2D eigenvalue weighted by atomic mass is 10.1. The molecule has 0 fully saturated rings. The van der Waals surface area contributed by atoms with Gasteiger partial charge in [-0.3, -0.25) is 9.78 Å². The van der Waals surface area contributed by atoms with E-state index in [0.717, 1.165) is 11.6 Å². The zero-order valence-corrected chi connectivity index (χ0v) is 21.7. The number of anilines is 2. The largest absolute Gasteiger partial charge is 0.483 e. The Morgan fingerprint density at radius 2 is 1.80 bits per heavy atom. The predicted octanol–water partition coefficient (Wildman–Crippen LogP) is 6.01. The Hall–Kier alpha value is -5.20. The van der Waals surface area contributed by atoms with E-state index in [-0.39, 0.29) is 22.9 Å². The first-order chi connectivity index (χ1) is 19.6. The Morgan fingerprint density at radius 3 is 2.54 bits per heavy atom. The topological polar surface area (TPSA) is 103 Å². The van der Waals surface area contributed by atoms with Crippen LogP contribution >= 0.6 is 0 Å². The summed E-state index contributed by atoms with van der Waals surface area (Å²) in [4.78, 5) is 24.1. The first-order valence-corrected chi connectivity index (χ1v) is 12.1. The van der Waals surface area contributed by atoms with Crippen molar-refractivity contribution in [2.24, 2.45) is 7.05 Å². The van der Waals surface area contributed by atoms with Gasteiger partial charge in [0.15, 0.2) is 6.61 Å². The van der Waals surface area contributed by atoms with Crippen molar-refractivity contribution in [3.05, 3.63) is 84.7 Å². The number of aromatic nitrogens is 4. The van der Waals surface area contributed by atoms with Crippen molar-refractivity contribution >= 4 is 28.6 Å². The number of rotatable bonds is 8. The number of ether oxygens (including phenoxy) is 2. The fourth-order valence-corrected chi connectivity index (χ4v) is 4.00. The molecule has 2 N–H and O–H groups in total. The minimum Gasteiger partial charge on any atom is -0.483 e. The van der Waals surface area contributed by atoms with Gasteiger partial charge in [-0.1, -0.05) is 0 Å². The summed E-state index contributed by atoms with van der Waals surface area (Å²) in [7, 11) is 3.30. The van der Waals surface area contributed by atoms with Gasteiger partial charge >= 0.3 is 6.18 Å². The van der Waals surface area contributed by atoms with Crippen LogP contribution in [0.2, 0.25) is 0 Å². The van der Waals surface area contributed by atoms with E-state index in [1.165, 1.54) is 37.6 Å². The third-order valence-electron chi connectivity index (χ3n) is 5.94. The minimum atomic E-state index is -4.53. The Labute approximate surface area is 230 Å². The van der Waals surface area contributed by atoms with Crippen LogP contribution < -0.4 is 20.1 Å². The van der Waals surface area contributed by atoms with Crippen molar-refractivity contribution in [3.63, 3.8) is 0 Å². The van der Waals surface area contributed by atoms with Crippen molar-refractivity contribution in [1.82, 2.24) is 24.8 Å². The molecular formula is C28H22F4N6O3. The van der Waals surface area contributed by atoms with Gasteiger partial charge in [-0.05, 0) is 48.5 Å². The molecule has 5 aromatic rings. The summed E-state index contributed by atoms with van der Waals surface area (Å²) in [5, 5.41) is 5.67. The number of halogens is 4. The molecule has 0 bridgehead atoms. The Morgan fingerprint density at radius 1 is 1.00 bits per heavy atom. The molecule has 5 rings (SSSR count). The highest BCUT2D eigenvalue weighted by Crippen LogP contribution is 2.35. The van der Waals surface area contributed by atoms with Gasteiger partial charge in [0.05, 0.1) is 11.0 Å². The molecule has 210 valence electrons. The molecule has 41 heavy (non-hydrogen) atoms. The molecule has 0 saturated carbocycles. The average Bonchev–Trinajstić information content (AvgIpc) is 3.25. The first kappa shape index (κ1) is 27.4. The minimum absolute atomic E-state index is 0.0382. The quantitative estimate of drug-likeness (QED) is 0.175. The maximum atomic E-state index is 13.4. The highest BCUT2D eigenvalue weighted by Gasteiger charge is 2.29. The van der Waals surface area contributed by atoms with Gasteiger partial charge < -0.3 is 24.7 Å². The number of fused-ring (bicyclic) bond motifs is 1. The van der Waals surface area contributed by atoms with E-state index in [0.29, 0.717) is 34.2 Å². The molecule has 0 unspecified atom stereocenters. The van der Waals surface area contributed by atoms with Crippen LogP contribution in [0, 0.1) is 5.95 Å². The van der Waals surface area contributed by atoms with Crippen LogP contribution in [0.25, 0.3) is 22.2 Å². The van der Waals surface area contributed by atoms with Crippen molar-refractivity contribution < 1.29 is 31.8 Å². The number of aryl methyl sites for hydroxylation is 1. The van der Waals surface area contributed by atoms with Gasteiger partial charge in [-0.25, -0.2) is 9.97 Å². The number of hydrogen-bond acceptors (Lipinski definition) is 7. The monoisotopic (exact) mass is 566 g/mol. The van der Waals surface area contributed by atoms with E-state index in [1.54, 1.807) is 41.9 Å². The van der Waals surface area contributed by atoms with Gasteiger partial charge in [0.1, 0.15) is 22.9 Å². The lowest BCUT2D eigenvalue weighted by Crippen LogP contribution is -2.19. The maximum Gasteiger partial charge on any atom is 0.422 e. The number of pyridine rings is 2. The number of carbonyl (C=O) groups excluding carboxylic acids is 1. The van der Waals surface area contributed by atoms with Crippen LogP contribution in [0.5, 0.6) is 17.2 Å². The van der Waals surface area contributed by atoms with Gasteiger partial charge in [-0.2, -0.15) is 17.6 Å². The number of carbonyl (C=O) groups is 1. The zero-order valence-electron chi connectivity index (χ0n) is 21.7. The average molecular weight is 567 g/mol. The number of imidazole rings is 1. The molecule has 13 heteroatoms. The van der Waals surface area contributed by atoms with Crippen LogP contribution in [-0.4, -0.2) is 45.3 Å². The zero-order chi connectivity index (χ0) is 29.1. The number of amides is 1. The molecule has 0 radical (unpaired) electrons. The van der Waals surface area contributed by atoms with Crippen LogP contribution in [0.4, 0.5) is 29.2 Å². The van der Waals surface area contributed by atoms with Crippen molar-refractivity contribution in [2.45, 2.75) is 6.18 Å². The summed E-state index contributed by atoms with van der Waals surface area (Å²) in [6, 6.07) is 15.5. The van der Waals surface area contributed by atoms with Gasteiger partial charge in [-0.15, -0.1) is 0 Å². The highest BCUT2D eigenvalue weighted by molar-refractivity contribution is 5.92. The van der Waals surface area contributed by atoms with Gasteiger partial charge in [0, 0.05) is 55.4 Å². The van der Waals surface area contributed by atoms with E-state index >= 15 is 0 Å². The number of alkyl halides is 3. The smallest absolute Gasteiger partial charge is 0.422 e. The van der Waals surface area contributed by atoms with Crippen LogP contribution in [-0.2, 0) is 7.05 Å². The summed E-state index contributed by atoms with van der Waals surface area (Å²) >= 11 is 0. The highest BCUT2D eigenvalue weighted by atomic mass is 19.4. The summed E-state index contributed by atoms with van der Waals surface area (Å²) < 4.78 is 64.6. The summed E-state index contributed by atoms with van der Waals surface area (Å²) in [5.74, 6) is 0.236. The maximum absolute atomic E-state index is 13.4. The van der Waals surface area contributed by atoms with Crippen molar-refractivity contribution in [3.8, 4) is 28.4 Å². The van der Waals surface area contributed by atoms with Crippen LogP contribution in [0.15, 0.2) is 73.1 Å². The van der Waals surface area contributed by atoms with E-state index < -0.39 is 18.7 Å². The Balaban J connectivity index is 1.42. The first-order valence-electron chi connectivity index (χ1n) is 12.1. The summed E-state index contributed by atoms with van der Waals surface area (Å²) in [5.41, 5.74) is 2.73. The molecule has 9 nitrogen and oxygen atoms in total. The molecule has 0 saturated heterocycles. The molecular weight excluding hydrogens is 544 g/mol. The molecule has 0 aliphatic carbocycles. The number of nitrogens with one attached hydrogen (secondary N) is 2. The predicted molar refractivity (Wildman–Crippen MR) is 143 cm³/mol. The molecule has 2 aromatic carbocycles. The number of nitrogens with zero attached hydrogens (tertiary/aromatic N) is 4. The Kier molecular flexibility index (Phi) is 7.42. The van der Waals surface area contributed by atoms with Gasteiger partial charge in [0.2, 0.25) is 11.9 Å². The summed E-state index contributed by atoms with van der Waals surface area (Å²) in [6.07, 6.45) is -1.85. The second kappa shape index (κ2) is 11.1. The fraction of sp³-hybridized carbons (Fsp3) is 0.143. The number of benzene rings is 2. The second-order valence-corrected chi connectivity index (χ2v) is 8.81. The van der Waals surface area contributed by atoms with E-state index in [1.807, 2.05) is 6.07 Å². The van der Waals surface area contributed by atoms with Crippen LogP contribution in [0.3, 0.4) is 0 Å². The van der Waals surface area contributed by atoms with Crippen molar-refractivity contribution in [1.29, 1.82) is 0 Å². The summed E-state index contributed by atoms with van der Waals surface area (Å²) in [6.45, 7) is -1.48. The van der Waals surface area contributed by atoms with Crippen molar-refractivity contribution in [2.75, 3.05) is 19.0 Å². The second-order valence-electron chi connectivity index (χ2n) is 8.81. The molecule has 0 aliphatic rings. The standard InChI is InChI=1S/C28H22F4N6O3/c1-33-26(39)22-13-19(9-10-34-22)41-18-5-6-23-21(12-18)37-27(38(23)2)36-17-4-7-24(40-15-28(30,31)32)20(11-17)16-3-8-25(29)35-14-16/h3-14H,15H2,1-2H3,(H,33,39)(H,36,37). The Bertz CT molecular complexity index is 1720. The van der Waals surface area contributed by atoms with E-state index in [9.17, 15) is 22.4 Å². The molecule has 0 spiro atoms. The third-order valence-corrected chi connectivity index (χ3v) is 5.94. The normalized spacial score (nSPS) is 11.4. The van der Waals surface area contributed by atoms with E-state index in [2.05, 4.69) is 25.6 Å². The lowest BCUT2D eigenvalue weighted by molar-refractivity contribution is -0.153. The lowest BCUT2D eigenvalue weighted by Gasteiger charge is -2.15. The fourth-order valence-electron chi connectivity index (χ4n) is 4.00. The molecule has 0 aliphatic heterocycles. The number of hydrogen-bond donors (Lipinski definition) is 2. The van der Waals surface area contributed by atoms with Gasteiger partial charge in [0.25, 0.3) is 5.91 Å². The van der Waals surface area contributed by atoms with Crippen LogP contribution in [0.1, 0.15) is 10.5 Å². The molecule has 3 aromatic heterocycles. The third kappa shape index (κ3) is 6.35. The molecule has 0 atom stereocenters. The molecule has 3 heterocycles. The van der Waals surface area contributed by atoms with E-state index in [4.69, 9.17) is 9.47 Å². The molecule has 1 amide bonds. The SMILES string of the molecule is CNC(=O)c1cc(Oc2ccc3c(c2)nc(Nc2ccc(OCC(F)(F)F)c(-c4ccc(F)nc4)c2)n3C)ccn1.